The van der Waals surface area contributed by atoms with Crippen LogP contribution in [0.2, 0.25) is 0 Å². The molecule has 0 saturated carbocycles. The highest BCUT2D eigenvalue weighted by atomic mass is 16.5. The third-order valence-corrected chi connectivity index (χ3v) is 3.17. The van der Waals surface area contributed by atoms with Crippen molar-refractivity contribution >= 4 is 0 Å². The molecule has 0 aromatic rings. The monoisotopic (exact) mass is 170 g/mol. The van der Waals surface area contributed by atoms with Crippen molar-refractivity contribution in [2.45, 2.75) is 12.5 Å². The zero-order chi connectivity index (χ0) is 8.60. The topological polar surface area (TPSA) is 24.5 Å². The fraction of sp³-hybridized carbons (Fsp3) is 1.00. The Morgan fingerprint density at radius 3 is 3.00 bits per heavy atom. The number of hydrogen-bond donors (Lipinski definition) is 1. The first-order valence-corrected chi connectivity index (χ1v) is 4.76. The molecule has 1 N–H and O–H groups in total. The standard InChI is InChI=1S/C9H18N2O/c1-8-5-10-6-9(8)7-11(2)3-4-12-9/h8,10H,3-7H2,1-2H3. The molecule has 2 aliphatic heterocycles. The molecule has 2 unspecified atom stereocenters. The van der Waals surface area contributed by atoms with E-state index in [1.807, 2.05) is 0 Å². The second kappa shape index (κ2) is 2.98. The molecule has 0 aromatic heterocycles. The quantitative estimate of drug-likeness (QED) is 0.550. The zero-order valence-corrected chi connectivity index (χ0v) is 7.97. The van der Waals surface area contributed by atoms with E-state index in [4.69, 9.17) is 4.74 Å². The molecule has 0 bridgehead atoms. The van der Waals surface area contributed by atoms with Crippen molar-refractivity contribution in [3.63, 3.8) is 0 Å². The molecular formula is C9H18N2O. The van der Waals surface area contributed by atoms with Gasteiger partial charge in [0.1, 0.15) is 0 Å². The van der Waals surface area contributed by atoms with Gasteiger partial charge in [-0.1, -0.05) is 6.92 Å². The SMILES string of the molecule is CC1CNCC12CN(C)CCO2. The molecule has 12 heavy (non-hydrogen) atoms. The maximum Gasteiger partial charge on any atom is 0.0970 e. The maximum atomic E-state index is 5.90. The molecule has 0 radical (unpaired) electrons. The lowest BCUT2D eigenvalue weighted by Gasteiger charge is -2.41. The third-order valence-electron chi connectivity index (χ3n) is 3.17. The van der Waals surface area contributed by atoms with Crippen LogP contribution in [0.25, 0.3) is 0 Å². The van der Waals surface area contributed by atoms with Gasteiger partial charge in [-0.15, -0.1) is 0 Å². The highest BCUT2D eigenvalue weighted by Gasteiger charge is 2.43. The minimum atomic E-state index is 0.118. The summed E-state index contributed by atoms with van der Waals surface area (Å²) in [6.45, 7) is 7.46. The summed E-state index contributed by atoms with van der Waals surface area (Å²) in [5.74, 6) is 0.653. The fourth-order valence-electron chi connectivity index (χ4n) is 2.25. The van der Waals surface area contributed by atoms with E-state index in [-0.39, 0.29) is 5.60 Å². The largest absolute Gasteiger partial charge is 0.371 e. The maximum absolute atomic E-state index is 5.90. The van der Waals surface area contributed by atoms with E-state index in [1.165, 1.54) is 0 Å². The second-order valence-electron chi connectivity index (χ2n) is 4.18. The summed E-state index contributed by atoms with van der Waals surface area (Å²) in [5.41, 5.74) is 0.118. The van der Waals surface area contributed by atoms with Crippen molar-refractivity contribution in [2.24, 2.45) is 5.92 Å². The van der Waals surface area contributed by atoms with Gasteiger partial charge in [-0.25, -0.2) is 0 Å². The normalized spacial score (nSPS) is 44.0. The summed E-state index contributed by atoms with van der Waals surface area (Å²) in [7, 11) is 2.18. The molecule has 3 heteroatoms. The van der Waals surface area contributed by atoms with Crippen molar-refractivity contribution in [1.82, 2.24) is 10.2 Å². The molecule has 70 valence electrons. The van der Waals surface area contributed by atoms with E-state index in [0.29, 0.717) is 5.92 Å². The Labute approximate surface area is 74.1 Å². The van der Waals surface area contributed by atoms with E-state index in [2.05, 4.69) is 24.2 Å². The Balaban J connectivity index is 2.08. The molecule has 2 heterocycles. The molecule has 0 aliphatic carbocycles. The first-order valence-electron chi connectivity index (χ1n) is 4.76. The van der Waals surface area contributed by atoms with Gasteiger partial charge in [0.05, 0.1) is 12.2 Å². The van der Waals surface area contributed by atoms with Gasteiger partial charge in [0.2, 0.25) is 0 Å². The lowest BCUT2D eigenvalue weighted by molar-refractivity contribution is -0.111. The summed E-state index contributed by atoms with van der Waals surface area (Å²) in [6.07, 6.45) is 0. The highest BCUT2D eigenvalue weighted by molar-refractivity contribution is 4.98. The van der Waals surface area contributed by atoms with Crippen LogP contribution in [0.15, 0.2) is 0 Å². The Morgan fingerprint density at radius 2 is 2.42 bits per heavy atom. The van der Waals surface area contributed by atoms with Crippen LogP contribution in [0.3, 0.4) is 0 Å². The van der Waals surface area contributed by atoms with E-state index in [1.54, 1.807) is 0 Å². The average molecular weight is 170 g/mol. The van der Waals surface area contributed by atoms with Crippen LogP contribution in [-0.4, -0.2) is 50.3 Å². The number of morpholine rings is 1. The van der Waals surface area contributed by atoms with E-state index in [0.717, 1.165) is 32.8 Å². The summed E-state index contributed by atoms with van der Waals surface area (Å²) < 4.78 is 5.90. The van der Waals surface area contributed by atoms with Crippen LogP contribution in [0.4, 0.5) is 0 Å². The van der Waals surface area contributed by atoms with Crippen LogP contribution < -0.4 is 5.32 Å². The molecule has 2 saturated heterocycles. The van der Waals surface area contributed by atoms with Gasteiger partial charge in [0.25, 0.3) is 0 Å². The number of rotatable bonds is 0. The van der Waals surface area contributed by atoms with Crippen LogP contribution in [0.5, 0.6) is 0 Å². The summed E-state index contributed by atoms with van der Waals surface area (Å²) >= 11 is 0. The summed E-state index contributed by atoms with van der Waals surface area (Å²) in [4.78, 5) is 2.37. The van der Waals surface area contributed by atoms with Crippen LogP contribution >= 0.6 is 0 Å². The van der Waals surface area contributed by atoms with Gasteiger partial charge in [-0.2, -0.15) is 0 Å². The van der Waals surface area contributed by atoms with Crippen molar-refractivity contribution in [2.75, 3.05) is 39.8 Å². The molecule has 0 aromatic carbocycles. The zero-order valence-electron chi connectivity index (χ0n) is 7.97. The Hall–Kier alpha value is -0.120. The predicted octanol–water partition coefficient (Wildman–Crippen LogP) is -0.0735. The Morgan fingerprint density at radius 1 is 1.58 bits per heavy atom. The minimum absolute atomic E-state index is 0.118. The van der Waals surface area contributed by atoms with E-state index in [9.17, 15) is 0 Å². The van der Waals surface area contributed by atoms with Crippen molar-refractivity contribution in [3.05, 3.63) is 0 Å². The number of hydrogen-bond acceptors (Lipinski definition) is 3. The number of likely N-dealkylation sites (N-methyl/N-ethyl adjacent to an activating group) is 1. The fourth-order valence-corrected chi connectivity index (χ4v) is 2.25. The van der Waals surface area contributed by atoms with Gasteiger partial charge in [0, 0.05) is 32.1 Å². The lowest BCUT2D eigenvalue weighted by Crippen LogP contribution is -2.54. The number of ether oxygens (including phenoxy) is 1. The lowest BCUT2D eigenvalue weighted by atomic mass is 9.91. The minimum Gasteiger partial charge on any atom is -0.371 e. The second-order valence-corrected chi connectivity index (χ2v) is 4.18. The number of nitrogens with one attached hydrogen (secondary N) is 1. The third kappa shape index (κ3) is 1.26. The number of nitrogens with zero attached hydrogens (tertiary/aromatic N) is 1. The first kappa shape index (κ1) is 8.48. The van der Waals surface area contributed by atoms with Crippen molar-refractivity contribution < 1.29 is 4.74 Å². The smallest absolute Gasteiger partial charge is 0.0970 e. The molecule has 2 aliphatic rings. The average Bonchev–Trinajstić information content (AvgIpc) is 2.33. The van der Waals surface area contributed by atoms with Crippen LogP contribution in [0, 0.1) is 5.92 Å². The van der Waals surface area contributed by atoms with E-state index < -0.39 is 0 Å². The molecule has 2 rings (SSSR count). The first-order chi connectivity index (χ1) is 5.73. The van der Waals surface area contributed by atoms with Gasteiger partial charge in [-0.3, -0.25) is 0 Å². The van der Waals surface area contributed by atoms with Crippen molar-refractivity contribution in [3.8, 4) is 0 Å². The highest BCUT2D eigenvalue weighted by Crippen LogP contribution is 2.28. The van der Waals surface area contributed by atoms with E-state index >= 15 is 0 Å². The van der Waals surface area contributed by atoms with Crippen molar-refractivity contribution in [1.29, 1.82) is 0 Å². The van der Waals surface area contributed by atoms with Crippen LogP contribution in [0.1, 0.15) is 6.92 Å². The molecule has 2 atom stereocenters. The Bertz CT molecular complexity index is 174. The summed E-state index contributed by atoms with van der Waals surface area (Å²) in [6, 6.07) is 0. The van der Waals surface area contributed by atoms with Gasteiger partial charge in [-0.05, 0) is 7.05 Å². The molecule has 3 nitrogen and oxygen atoms in total. The predicted molar refractivity (Wildman–Crippen MR) is 48.2 cm³/mol. The molecular weight excluding hydrogens is 152 g/mol. The van der Waals surface area contributed by atoms with Crippen LogP contribution in [-0.2, 0) is 4.74 Å². The molecule has 0 amide bonds. The van der Waals surface area contributed by atoms with Gasteiger partial charge in [0.15, 0.2) is 0 Å². The molecule has 1 spiro atoms. The van der Waals surface area contributed by atoms with Gasteiger partial charge >= 0.3 is 0 Å². The summed E-state index contributed by atoms with van der Waals surface area (Å²) in [5, 5.41) is 3.40. The Kier molecular flexibility index (Phi) is 2.10. The molecule has 2 fully saturated rings. The van der Waals surface area contributed by atoms with Gasteiger partial charge < -0.3 is 15.0 Å².